The van der Waals surface area contributed by atoms with Crippen molar-refractivity contribution >= 4 is 11.6 Å². The minimum atomic E-state index is -0.375. The van der Waals surface area contributed by atoms with Crippen molar-refractivity contribution in [1.82, 2.24) is 10.6 Å². The largest absolute Gasteiger partial charge is 0.368 e. The SMILES string of the molecule is CCCNC(=O)c1cc(F)ccc1N1CCNCC1. The summed E-state index contributed by atoms with van der Waals surface area (Å²) in [4.78, 5) is 14.2. The molecule has 1 saturated heterocycles. The Bertz CT molecular complexity index is 444. The fourth-order valence-electron chi connectivity index (χ4n) is 2.21. The molecule has 2 N–H and O–H groups in total. The first-order valence-corrected chi connectivity index (χ1v) is 6.75. The number of halogens is 1. The van der Waals surface area contributed by atoms with Gasteiger partial charge in [0.2, 0.25) is 0 Å². The number of hydrogen-bond donors (Lipinski definition) is 2. The Morgan fingerprint density at radius 3 is 2.84 bits per heavy atom. The molecule has 19 heavy (non-hydrogen) atoms. The maximum Gasteiger partial charge on any atom is 0.253 e. The van der Waals surface area contributed by atoms with Crippen molar-refractivity contribution < 1.29 is 9.18 Å². The summed E-state index contributed by atoms with van der Waals surface area (Å²) in [5.41, 5.74) is 1.24. The van der Waals surface area contributed by atoms with Gasteiger partial charge in [-0.15, -0.1) is 0 Å². The number of benzene rings is 1. The van der Waals surface area contributed by atoms with E-state index in [0.717, 1.165) is 38.3 Å². The van der Waals surface area contributed by atoms with Gasteiger partial charge in [0, 0.05) is 38.4 Å². The van der Waals surface area contributed by atoms with Gasteiger partial charge in [-0.1, -0.05) is 6.92 Å². The van der Waals surface area contributed by atoms with E-state index in [1.807, 2.05) is 6.92 Å². The topological polar surface area (TPSA) is 44.4 Å². The first-order valence-electron chi connectivity index (χ1n) is 6.75. The van der Waals surface area contributed by atoms with Crippen molar-refractivity contribution in [1.29, 1.82) is 0 Å². The average molecular weight is 265 g/mol. The third-order valence-corrected chi connectivity index (χ3v) is 3.20. The summed E-state index contributed by atoms with van der Waals surface area (Å²) in [7, 11) is 0. The molecule has 1 heterocycles. The lowest BCUT2D eigenvalue weighted by Crippen LogP contribution is -2.44. The van der Waals surface area contributed by atoms with Crippen molar-refractivity contribution in [3.05, 3.63) is 29.6 Å². The molecule has 0 unspecified atom stereocenters. The average Bonchev–Trinajstić information content (AvgIpc) is 2.45. The van der Waals surface area contributed by atoms with Crippen molar-refractivity contribution in [2.75, 3.05) is 37.6 Å². The molecule has 0 saturated carbocycles. The summed E-state index contributed by atoms with van der Waals surface area (Å²) >= 11 is 0. The predicted molar refractivity (Wildman–Crippen MR) is 74.1 cm³/mol. The molecule has 1 aromatic rings. The monoisotopic (exact) mass is 265 g/mol. The molecule has 0 atom stereocenters. The number of carbonyl (C=O) groups is 1. The molecular weight excluding hydrogens is 245 g/mol. The Morgan fingerprint density at radius 2 is 2.16 bits per heavy atom. The van der Waals surface area contributed by atoms with Crippen LogP contribution in [0.4, 0.5) is 10.1 Å². The number of amides is 1. The molecule has 0 bridgehead atoms. The molecule has 1 fully saturated rings. The lowest BCUT2D eigenvalue weighted by Gasteiger charge is -2.30. The van der Waals surface area contributed by atoms with Gasteiger partial charge in [-0.3, -0.25) is 4.79 Å². The van der Waals surface area contributed by atoms with Crippen molar-refractivity contribution in [3.8, 4) is 0 Å². The minimum Gasteiger partial charge on any atom is -0.368 e. The second kappa shape index (κ2) is 6.52. The Kier molecular flexibility index (Phi) is 4.74. The molecule has 4 nitrogen and oxygen atoms in total. The van der Waals surface area contributed by atoms with Gasteiger partial charge < -0.3 is 15.5 Å². The maximum absolute atomic E-state index is 13.4. The van der Waals surface area contributed by atoms with Crippen LogP contribution in [0.5, 0.6) is 0 Å². The summed E-state index contributed by atoms with van der Waals surface area (Å²) in [6.45, 7) is 6.03. The molecular formula is C14H20FN3O. The molecule has 0 radical (unpaired) electrons. The van der Waals surface area contributed by atoms with E-state index in [1.165, 1.54) is 12.1 Å². The van der Waals surface area contributed by atoms with Gasteiger partial charge in [0.1, 0.15) is 5.82 Å². The van der Waals surface area contributed by atoms with E-state index in [4.69, 9.17) is 0 Å². The van der Waals surface area contributed by atoms with Gasteiger partial charge in [0.25, 0.3) is 5.91 Å². The highest BCUT2D eigenvalue weighted by Crippen LogP contribution is 2.22. The zero-order chi connectivity index (χ0) is 13.7. The van der Waals surface area contributed by atoms with Crippen LogP contribution in [0.2, 0.25) is 0 Å². The molecule has 5 heteroatoms. The van der Waals surface area contributed by atoms with E-state index in [9.17, 15) is 9.18 Å². The van der Waals surface area contributed by atoms with Crippen molar-refractivity contribution in [3.63, 3.8) is 0 Å². The lowest BCUT2D eigenvalue weighted by molar-refractivity contribution is 0.0953. The number of nitrogens with one attached hydrogen (secondary N) is 2. The van der Waals surface area contributed by atoms with Crippen LogP contribution in [0.1, 0.15) is 23.7 Å². The third kappa shape index (κ3) is 3.44. The Labute approximate surface area is 113 Å². The third-order valence-electron chi connectivity index (χ3n) is 3.20. The van der Waals surface area contributed by atoms with Gasteiger partial charge >= 0.3 is 0 Å². The van der Waals surface area contributed by atoms with Gasteiger partial charge in [0.05, 0.1) is 5.56 Å². The van der Waals surface area contributed by atoms with Gasteiger partial charge in [-0.2, -0.15) is 0 Å². The minimum absolute atomic E-state index is 0.199. The van der Waals surface area contributed by atoms with Crippen LogP contribution in [0, 0.1) is 5.82 Å². The Hall–Kier alpha value is -1.62. The van der Waals surface area contributed by atoms with E-state index < -0.39 is 0 Å². The number of anilines is 1. The first kappa shape index (κ1) is 13.8. The molecule has 0 aliphatic carbocycles. The summed E-state index contributed by atoms with van der Waals surface area (Å²) in [5.74, 6) is -0.574. The molecule has 1 amide bonds. The standard InChI is InChI=1S/C14H20FN3O/c1-2-5-17-14(19)12-10-11(15)3-4-13(12)18-8-6-16-7-9-18/h3-4,10,16H,2,5-9H2,1H3,(H,17,19). The first-order chi connectivity index (χ1) is 9.22. The Morgan fingerprint density at radius 1 is 1.42 bits per heavy atom. The number of hydrogen-bond acceptors (Lipinski definition) is 3. The number of nitrogens with zero attached hydrogens (tertiary/aromatic N) is 1. The predicted octanol–water partition coefficient (Wildman–Crippen LogP) is 1.38. The highest BCUT2D eigenvalue weighted by Gasteiger charge is 2.18. The summed E-state index contributed by atoms with van der Waals surface area (Å²) in [6.07, 6.45) is 0.865. The summed E-state index contributed by atoms with van der Waals surface area (Å²) in [5, 5.41) is 6.07. The second-order valence-electron chi connectivity index (χ2n) is 4.65. The van der Waals surface area contributed by atoms with Gasteiger partial charge in [0.15, 0.2) is 0 Å². The van der Waals surface area contributed by atoms with E-state index in [-0.39, 0.29) is 11.7 Å². The molecule has 1 aliphatic heterocycles. The molecule has 2 rings (SSSR count). The summed E-state index contributed by atoms with van der Waals surface area (Å²) in [6, 6.07) is 4.43. The van der Waals surface area contributed by atoms with Gasteiger partial charge in [-0.05, 0) is 24.6 Å². The quantitative estimate of drug-likeness (QED) is 0.864. The number of carbonyl (C=O) groups excluding carboxylic acids is 1. The molecule has 104 valence electrons. The molecule has 1 aliphatic rings. The number of rotatable bonds is 4. The lowest BCUT2D eigenvalue weighted by atomic mass is 10.1. The maximum atomic E-state index is 13.4. The summed E-state index contributed by atoms with van der Waals surface area (Å²) < 4.78 is 13.4. The van der Waals surface area contributed by atoms with Crippen molar-refractivity contribution in [2.45, 2.75) is 13.3 Å². The molecule has 1 aromatic carbocycles. The van der Waals surface area contributed by atoms with E-state index in [1.54, 1.807) is 6.07 Å². The van der Waals surface area contributed by atoms with E-state index >= 15 is 0 Å². The van der Waals surface area contributed by atoms with E-state index in [0.29, 0.717) is 12.1 Å². The van der Waals surface area contributed by atoms with Crippen LogP contribution < -0.4 is 15.5 Å². The number of piperazine rings is 1. The van der Waals surface area contributed by atoms with Crippen LogP contribution in [0.15, 0.2) is 18.2 Å². The van der Waals surface area contributed by atoms with Gasteiger partial charge in [-0.25, -0.2) is 4.39 Å². The molecule has 0 spiro atoms. The van der Waals surface area contributed by atoms with Crippen LogP contribution >= 0.6 is 0 Å². The molecule has 0 aromatic heterocycles. The van der Waals surface area contributed by atoms with E-state index in [2.05, 4.69) is 15.5 Å². The zero-order valence-electron chi connectivity index (χ0n) is 11.2. The highest BCUT2D eigenvalue weighted by atomic mass is 19.1. The van der Waals surface area contributed by atoms with Crippen LogP contribution in [-0.4, -0.2) is 38.6 Å². The van der Waals surface area contributed by atoms with Crippen molar-refractivity contribution in [2.24, 2.45) is 0 Å². The fraction of sp³-hybridized carbons (Fsp3) is 0.500. The zero-order valence-corrected chi connectivity index (χ0v) is 11.2. The van der Waals surface area contributed by atoms with Crippen LogP contribution in [-0.2, 0) is 0 Å². The van der Waals surface area contributed by atoms with Crippen LogP contribution in [0.25, 0.3) is 0 Å². The fourth-order valence-corrected chi connectivity index (χ4v) is 2.21. The normalized spacial score (nSPS) is 15.4. The van der Waals surface area contributed by atoms with Crippen LogP contribution in [0.3, 0.4) is 0 Å². The Balaban J connectivity index is 2.23. The second-order valence-corrected chi connectivity index (χ2v) is 4.65. The smallest absolute Gasteiger partial charge is 0.253 e. The highest BCUT2D eigenvalue weighted by molar-refractivity contribution is 5.99.